The lowest BCUT2D eigenvalue weighted by atomic mass is 9.86. The van der Waals surface area contributed by atoms with Crippen LogP contribution in [-0.4, -0.2) is 4.98 Å². The van der Waals surface area contributed by atoms with E-state index in [9.17, 15) is 4.79 Å². The van der Waals surface area contributed by atoms with Gasteiger partial charge in [-0.25, -0.2) is 0 Å². The molecule has 0 bridgehead atoms. The third-order valence-corrected chi connectivity index (χ3v) is 4.53. The molecule has 0 aliphatic heterocycles. The van der Waals surface area contributed by atoms with Crippen molar-refractivity contribution in [1.82, 2.24) is 4.98 Å². The Labute approximate surface area is 132 Å². The molecule has 2 aromatic carbocycles. The molecule has 1 N–H and O–H groups in total. The summed E-state index contributed by atoms with van der Waals surface area (Å²) in [6.45, 7) is 6.41. The van der Waals surface area contributed by atoms with Crippen LogP contribution in [0.4, 0.5) is 0 Å². The maximum Gasteiger partial charge on any atom is 0.197 e. The monoisotopic (exact) mass is 319 g/mol. The number of fused-ring (bicyclic) bond motifs is 2. The maximum atomic E-state index is 12.6. The molecule has 0 aliphatic rings. The maximum absolute atomic E-state index is 12.6. The number of hydrogen-bond acceptors (Lipinski definition) is 1. The number of hydrogen-bond donors (Lipinski definition) is 1. The topological polar surface area (TPSA) is 32.9 Å². The van der Waals surface area contributed by atoms with Crippen molar-refractivity contribution in [3.63, 3.8) is 0 Å². The number of aromatic amines is 1. The Balaban J connectivity index is 2.46. The highest BCUT2D eigenvalue weighted by Gasteiger charge is 2.16. The Morgan fingerprint density at radius 1 is 1.00 bits per heavy atom. The van der Waals surface area contributed by atoms with E-state index < -0.39 is 0 Å². The fourth-order valence-electron chi connectivity index (χ4n) is 2.45. The van der Waals surface area contributed by atoms with Gasteiger partial charge in [-0.2, -0.15) is 0 Å². The molecule has 1 heterocycles. The molecule has 3 rings (SSSR count). The van der Waals surface area contributed by atoms with E-state index in [1.54, 1.807) is 12.1 Å². The van der Waals surface area contributed by atoms with Gasteiger partial charge in [-0.15, -0.1) is 0 Å². The van der Waals surface area contributed by atoms with E-state index in [-0.39, 0.29) is 10.8 Å². The lowest BCUT2D eigenvalue weighted by Gasteiger charge is -2.19. The fourth-order valence-corrected chi connectivity index (χ4v) is 2.82. The van der Waals surface area contributed by atoms with Gasteiger partial charge in [0.05, 0.1) is 21.1 Å². The second-order valence-corrected chi connectivity index (χ2v) is 7.03. The van der Waals surface area contributed by atoms with E-state index in [0.29, 0.717) is 26.3 Å². The number of rotatable bonds is 0. The molecule has 0 spiro atoms. The Kier molecular flexibility index (Phi) is 3.27. The van der Waals surface area contributed by atoms with Crippen LogP contribution in [0.2, 0.25) is 10.0 Å². The Hall–Kier alpha value is -1.51. The highest BCUT2D eigenvalue weighted by molar-refractivity contribution is 6.45. The largest absolute Gasteiger partial charge is 0.353 e. The second-order valence-electron chi connectivity index (χ2n) is 6.25. The van der Waals surface area contributed by atoms with Crippen LogP contribution in [0.5, 0.6) is 0 Å². The molecule has 0 atom stereocenters. The number of H-pyrrole nitrogens is 1. The molecule has 0 unspecified atom stereocenters. The van der Waals surface area contributed by atoms with Crippen molar-refractivity contribution >= 4 is 45.0 Å². The summed E-state index contributed by atoms with van der Waals surface area (Å²) in [5.74, 6) is 0. The summed E-state index contributed by atoms with van der Waals surface area (Å²) >= 11 is 12.3. The van der Waals surface area contributed by atoms with Gasteiger partial charge >= 0.3 is 0 Å². The normalized spacial score (nSPS) is 12.2. The fraction of sp³-hybridized carbons (Fsp3) is 0.235. The van der Waals surface area contributed by atoms with E-state index in [1.807, 2.05) is 18.2 Å². The number of halogens is 2. The number of nitrogens with one attached hydrogen (secondary N) is 1. The molecule has 0 radical (unpaired) electrons. The summed E-state index contributed by atoms with van der Waals surface area (Å²) in [6.07, 6.45) is 0. The van der Waals surface area contributed by atoms with Crippen LogP contribution in [0.15, 0.2) is 35.1 Å². The Morgan fingerprint density at radius 2 is 1.67 bits per heavy atom. The van der Waals surface area contributed by atoms with Crippen molar-refractivity contribution in [2.24, 2.45) is 0 Å². The number of benzene rings is 2. The van der Waals surface area contributed by atoms with Crippen molar-refractivity contribution < 1.29 is 0 Å². The van der Waals surface area contributed by atoms with Gasteiger partial charge in [-0.3, -0.25) is 4.79 Å². The predicted molar refractivity (Wildman–Crippen MR) is 90.8 cm³/mol. The first-order chi connectivity index (χ1) is 9.79. The Morgan fingerprint density at radius 3 is 2.33 bits per heavy atom. The van der Waals surface area contributed by atoms with Crippen LogP contribution < -0.4 is 5.43 Å². The summed E-state index contributed by atoms with van der Waals surface area (Å²) in [5, 5.41) is 2.04. The summed E-state index contributed by atoms with van der Waals surface area (Å²) in [7, 11) is 0. The van der Waals surface area contributed by atoms with Crippen LogP contribution >= 0.6 is 23.2 Å². The molecule has 2 nitrogen and oxygen atoms in total. The van der Waals surface area contributed by atoms with Crippen molar-refractivity contribution in [3.05, 3.63) is 56.2 Å². The van der Waals surface area contributed by atoms with Crippen molar-refractivity contribution in [2.75, 3.05) is 0 Å². The van der Waals surface area contributed by atoms with E-state index in [4.69, 9.17) is 23.2 Å². The van der Waals surface area contributed by atoms with Crippen LogP contribution in [-0.2, 0) is 5.41 Å². The molecule has 21 heavy (non-hydrogen) atoms. The Bertz CT molecular complexity index is 920. The van der Waals surface area contributed by atoms with Crippen molar-refractivity contribution in [3.8, 4) is 0 Å². The second kappa shape index (κ2) is 4.75. The molecule has 0 aliphatic carbocycles. The van der Waals surface area contributed by atoms with Crippen molar-refractivity contribution in [1.29, 1.82) is 0 Å². The summed E-state index contributed by atoms with van der Waals surface area (Å²) in [5.41, 5.74) is 2.51. The smallest absolute Gasteiger partial charge is 0.197 e. The first-order valence-electron chi connectivity index (χ1n) is 6.73. The molecule has 4 heteroatoms. The minimum Gasteiger partial charge on any atom is -0.353 e. The zero-order chi connectivity index (χ0) is 15.4. The molecule has 0 saturated carbocycles. The zero-order valence-corrected chi connectivity index (χ0v) is 13.6. The zero-order valence-electron chi connectivity index (χ0n) is 12.1. The minimum atomic E-state index is -0.0298. The predicted octanol–water partition coefficient (Wildman–Crippen LogP) is 5.29. The molecule has 3 aromatic rings. The SMILES string of the molecule is CC(C)(C)c1ccc2c(=O)c3ccc(Cl)c(Cl)c3[nH]c2c1. The van der Waals surface area contributed by atoms with Crippen LogP contribution in [0, 0.1) is 0 Å². The van der Waals surface area contributed by atoms with E-state index in [1.165, 1.54) is 0 Å². The van der Waals surface area contributed by atoms with E-state index in [2.05, 4.69) is 25.8 Å². The van der Waals surface area contributed by atoms with Gasteiger partial charge < -0.3 is 4.98 Å². The number of pyridine rings is 1. The average molecular weight is 320 g/mol. The van der Waals surface area contributed by atoms with E-state index in [0.717, 1.165) is 11.1 Å². The van der Waals surface area contributed by atoms with Gasteiger partial charge in [-0.05, 0) is 35.2 Å². The summed E-state index contributed by atoms with van der Waals surface area (Å²) in [6, 6.07) is 9.24. The van der Waals surface area contributed by atoms with Gasteiger partial charge in [0.1, 0.15) is 0 Å². The van der Waals surface area contributed by atoms with Crippen LogP contribution in [0.25, 0.3) is 21.8 Å². The third kappa shape index (κ3) is 2.33. The van der Waals surface area contributed by atoms with Gasteiger partial charge in [0.2, 0.25) is 0 Å². The molecule has 108 valence electrons. The van der Waals surface area contributed by atoms with Gasteiger partial charge in [-0.1, -0.05) is 50.0 Å². The highest BCUT2D eigenvalue weighted by Crippen LogP contribution is 2.30. The van der Waals surface area contributed by atoms with Gasteiger partial charge in [0.25, 0.3) is 0 Å². The molecule has 0 amide bonds. The van der Waals surface area contributed by atoms with Gasteiger partial charge in [0, 0.05) is 10.8 Å². The molecule has 1 aromatic heterocycles. The third-order valence-electron chi connectivity index (χ3n) is 3.73. The highest BCUT2D eigenvalue weighted by atomic mass is 35.5. The average Bonchev–Trinajstić information content (AvgIpc) is 2.42. The van der Waals surface area contributed by atoms with Crippen molar-refractivity contribution in [2.45, 2.75) is 26.2 Å². The summed E-state index contributed by atoms with van der Waals surface area (Å²) < 4.78 is 0. The minimum absolute atomic E-state index is 0.0121. The quantitative estimate of drug-likeness (QED) is 0.561. The van der Waals surface area contributed by atoms with Gasteiger partial charge in [0.15, 0.2) is 5.43 Å². The standard InChI is InChI=1S/C17H15Cl2NO/c1-17(2,3)9-4-5-10-13(8-9)20-15-11(16(10)21)6-7-12(18)14(15)19/h4-8H,1-3H3,(H,20,21). The first-order valence-corrected chi connectivity index (χ1v) is 7.49. The van der Waals surface area contributed by atoms with Crippen LogP contribution in [0.3, 0.4) is 0 Å². The summed E-state index contributed by atoms with van der Waals surface area (Å²) in [4.78, 5) is 15.8. The molecule has 0 fully saturated rings. The first kappa shape index (κ1) is 14.4. The number of aromatic nitrogens is 1. The molecular weight excluding hydrogens is 305 g/mol. The lowest BCUT2D eigenvalue weighted by Crippen LogP contribution is -2.12. The molecule has 0 saturated heterocycles. The molecular formula is C17H15Cl2NO. The lowest BCUT2D eigenvalue weighted by molar-refractivity contribution is 0.591. The van der Waals surface area contributed by atoms with Crippen LogP contribution in [0.1, 0.15) is 26.3 Å². The van der Waals surface area contributed by atoms with E-state index >= 15 is 0 Å².